The Morgan fingerprint density at radius 2 is 2.07 bits per heavy atom. The number of hydrogen-bond donors (Lipinski definition) is 1. The Labute approximate surface area is 162 Å². The fourth-order valence-corrected chi connectivity index (χ4v) is 2.86. The highest BCUT2D eigenvalue weighted by Gasteiger charge is 2.11. The van der Waals surface area contributed by atoms with Crippen LogP contribution in [0.2, 0.25) is 0 Å². The predicted molar refractivity (Wildman–Crippen MR) is 109 cm³/mol. The Bertz CT molecular complexity index is 750. The molecule has 1 amide bonds. The molecule has 0 atom stereocenters. The van der Waals surface area contributed by atoms with Crippen LogP contribution in [0, 0.1) is 6.92 Å². The van der Waals surface area contributed by atoms with Gasteiger partial charge in [0.15, 0.2) is 0 Å². The lowest BCUT2D eigenvalue weighted by Crippen LogP contribution is -2.25. The zero-order chi connectivity index (χ0) is 19.5. The quantitative estimate of drug-likeness (QED) is 0.466. The van der Waals surface area contributed by atoms with Gasteiger partial charge < -0.3 is 10.1 Å². The molecule has 0 fully saturated rings. The van der Waals surface area contributed by atoms with Gasteiger partial charge in [-0.05, 0) is 62.8 Å². The standard InChI is InChI=1S/C22H31N3O2/c1-4-5-6-7-8-9-10-14-27-20-13-11-12-19(16-20)17-23-22(26)21-15-18(2)24-25(21)3/h5-6,11-13,15-16H,4,7-10,14,17H2,1-3H3,(H,23,26). The van der Waals surface area contributed by atoms with E-state index in [0.29, 0.717) is 12.2 Å². The molecule has 2 aromatic rings. The van der Waals surface area contributed by atoms with Gasteiger partial charge in [-0.2, -0.15) is 5.10 Å². The number of carbonyl (C=O) groups excluding carboxylic acids is 1. The summed E-state index contributed by atoms with van der Waals surface area (Å²) in [5.41, 5.74) is 2.41. The lowest BCUT2D eigenvalue weighted by molar-refractivity contribution is 0.0941. The van der Waals surface area contributed by atoms with E-state index in [0.717, 1.165) is 42.9 Å². The maximum absolute atomic E-state index is 12.3. The summed E-state index contributed by atoms with van der Waals surface area (Å²) in [7, 11) is 1.77. The fourth-order valence-electron chi connectivity index (χ4n) is 2.86. The minimum absolute atomic E-state index is 0.124. The molecule has 0 spiro atoms. The van der Waals surface area contributed by atoms with Crippen LogP contribution in [0.25, 0.3) is 0 Å². The third kappa shape index (κ3) is 7.29. The molecule has 0 saturated heterocycles. The summed E-state index contributed by atoms with van der Waals surface area (Å²) in [5, 5.41) is 7.14. The second kappa shape index (κ2) is 11.2. The van der Waals surface area contributed by atoms with Gasteiger partial charge in [0, 0.05) is 13.6 Å². The molecular formula is C22H31N3O2. The summed E-state index contributed by atoms with van der Waals surface area (Å²) in [6, 6.07) is 9.67. The summed E-state index contributed by atoms with van der Waals surface area (Å²) in [4.78, 5) is 12.3. The molecule has 1 N–H and O–H groups in total. The van der Waals surface area contributed by atoms with E-state index in [1.165, 1.54) is 12.8 Å². The first-order chi connectivity index (χ1) is 13.1. The van der Waals surface area contributed by atoms with E-state index in [9.17, 15) is 4.79 Å². The number of nitrogens with one attached hydrogen (secondary N) is 1. The summed E-state index contributed by atoms with van der Waals surface area (Å²) in [6.07, 6.45) is 10.2. The van der Waals surface area contributed by atoms with Crippen LogP contribution in [0.1, 0.15) is 60.8 Å². The molecule has 1 aromatic heterocycles. The number of amides is 1. The second-order valence-corrected chi connectivity index (χ2v) is 6.70. The van der Waals surface area contributed by atoms with Crippen LogP contribution < -0.4 is 10.1 Å². The monoisotopic (exact) mass is 369 g/mol. The summed E-state index contributed by atoms with van der Waals surface area (Å²) < 4.78 is 7.44. The van der Waals surface area contributed by atoms with Gasteiger partial charge in [-0.25, -0.2) is 0 Å². The lowest BCUT2D eigenvalue weighted by atomic mass is 10.2. The summed E-state index contributed by atoms with van der Waals surface area (Å²) in [6.45, 7) is 5.22. The van der Waals surface area contributed by atoms with Crippen molar-refractivity contribution in [2.24, 2.45) is 7.05 Å². The molecule has 27 heavy (non-hydrogen) atoms. The molecule has 0 aliphatic heterocycles. The van der Waals surface area contributed by atoms with Crippen molar-refractivity contribution in [3.63, 3.8) is 0 Å². The van der Waals surface area contributed by atoms with Crippen molar-refractivity contribution >= 4 is 5.91 Å². The molecule has 5 heteroatoms. The maximum Gasteiger partial charge on any atom is 0.269 e. The molecule has 2 rings (SSSR count). The Balaban J connectivity index is 1.72. The number of ether oxygens (including phenoxy) is 1. The SMILES string of the molecule is CCC=CCCCCCOc1cccc(CNC(=O)c2cc(C)nn2C)c1. The third-order valence-electron chi connectivity index (χ3n) is 4.27. The molecule has 0 bridgehead atoms. The highest BCUT2D eigenvalue weighted by Crippen LogP contribution is 2.14. The Morgan fingerprint density at radius 3 is 2.81 bits per heavy atom. The number of unbranched alkanes of at least 4 members (excludes halogenated alkanes) is 3. The number of carbonyl (C=O) groups is 1. The van der Waals surface area contributed by atoms with E-state index in [-0.39, 0.29) is 5.91 Å². The van der Waals surface area contributed by atoms with Crippen molar-refractivity contribution in [2.45, 2.75) is 52.5 Å². The second-order valence-electron chi connectivity index (χ2n) is 6.70. The van der Waals surface area contributed by atoms with E-state index in [4.69, 9.17) is 4.74 Å². The number of nitrogens with zero attached hydrogens (tertiary/aromatic N) is 2. The number of rotatable bonds is 11. The first-order valence-corrected chi connectivity index (χ1v) is 9.75. The van der Waals surface area contributed by atoms with Crippen LogP contribution in [0.4, 0.5) is 0 Å². The van der Waals surface area contributed by atoms with E-state index >= 15 is 0 Å². The van der Waals surface area contributed by atoms with Gasteiger partial charge >= 0.3 is 0 Å². The molecule has 0 saturated carbocycles. The molecule has 0 aliphatic carbocycles. The third-order valence-corrected chi connectivity index (χ3v) is 4.27. The van der Waals surface area contributed by atoms with Crippen molar-refractivity contribution in [2.75, 3.05) is 6.61 Å². The molecule has 5 nitrogen and oxygen atoms in total. The lowest BCUT2D eigenvalue weighted by Gasteiger charge is -2.09. The van der Waals surface area contributed by atoms with Crippen molar-refractivity contribution in [3.8, 4) is 5.75 Å². The van der Waals surface area contributed by atoms with Gasteiger partial charge in [0.25, 0.3) is 5.91 Å². The van der Waals surface area contributed by atoms with Gasteiger partial charge in [0.1, 0.15) is 11.4 Å². The van der Waals surface area contributed by atoms with Gasteiger partial charge in [-0.3, -0.25) is 9.48 Å². The number of benzene rings is 1. The Hall–Kier alpha value is -2.56. The molecule has 0 aliphatic rings. The number of aryl methyl sites for hydroxylation is 2. The molecular weight excluding hydrogens is 338 g/mol. The van der Waals surface area contributed by atoms with Crippen LogP contribution in [-0.2, 0) is 13.6 Å². The highest BCUT2D eigenvalue weighted by atomic mass is 16.5. The fraction of sp³-hybridized carbons (Fsp3) is 0.455. The number of allylic oxidation sites excluding steroid dienone is 2. The zero-order valence-electron chi connectivity index (χ0n) is 16.7. The van der Waals surface area contributed by atoms with Crippen LogP contribution in [0.3, 0.4) is 0 Å². The van der Waals surface area contributed by atoms with Crippen molar-refractivity contribution in [3.05, 3.63) is 59.4 Å². The molecule has 1 aromatic carbocycles. The summed E-state index contributed by atoms with van der Waals surface area (Å²) >= 11 is 0. The minimum atomic E-state index is -0.124. The minimum Gasteiger partial charge on any atom is -0.494 e. The van der Waals surface area contributed by atoms with Gasteiger partial charge in [0.2, 0.25) is 0 Å². The molecule has 146 valence electrons. The maximum atomic E-state index is 12.3. The highest BCUT2D eigenvalue weighted by molar-refractivity contribution is 5.92. The summed E-state index contributed by atoms with van der Waals surface area (Å²) in [5.74, 6) is 0.727. The average molecular weight is 370 g/mol. The van der Waals surface area contributed by atoms with E-state index in [1.54, 1.807) is 17.8 Å². The molecule has 1 heterocycles. The first kappa shape index (κ1) is 20.7. The smallest absolute Gasteiger partial charge is 0.269 e. The van der Waals surface area contributed by atoms with Crippen LogP contribution in [0.5, 0.6) is 5.75 Å². The van der Waals surface area contributed by atoms with Crippen LogP contribution in [-0.4, -0.2) is 22.3 Å². The van der Waals surface area contributed by atoms with Gasteiger partial charge in [0.05, 0.1) is 12.3 Å². The van der Waals surface area contributed by atoms with E-state index < -0.39 is 0 Å². The van der Waals surface area contributed by atoms with Gasteiger partial charge in [-0.15, -0.1) is 0 Å². The van der Waals surface area contributed by atoms with E-state index in [2.05, 4.69) is 29.5 Å². The van der Waals surface area contributed by atoms with E-state index in [1.807, 2.05) is 31.2 Å². The topological polar surface area (TPSA) is 56.1 Å². The Morgan fingerprint density at radius 1 is 1.22 bits per heavy atom. The largest absolute Gasteiger partial charge is 0.494 e. The van der Waals surface area contributed by atoms with Crippen molar-refractivity contribution < 1.29 is 9.53 Å². The zero-order valence-corrected chi connectivity index (χ0v) is 16.7. The Kier molecular flexibility index (Phi) is 8.62. The predicted octanol–water partition coefficient (Wildman–Crippen LogP) is 4.56. The van der Waals surface area contributed by atoms with Gasteiger partial charge in [-0.1, -0.05) is 31.2 Å². The number of aromatic nitrogens is 2. The number of hydrogen-bond acceptors (Lipinski definition) is 3. The molecule has 0 unspecified atom stereocenters. The average Bonchev–Trinajstić information content (AvgIpc) is 3.00. The van der Waals surface area contributed by atoms with Crippen molar-refractivity contribution in [1.82, 2.24) is 15.1 Å². The van der Waals surface area contributed by atoms with Crippen LogP contribution in [0.15, 0.2) is 42.5 Å². The van der Waals surface area contributed by atoms with Crippen LogP contribution >= 0.6 is 0 Å². The normalized spacial score (nSPS) is 11.1. The van der Waals surface area contributed by atoms with Crippen molar-refractivity contribution in [1.29, 1.82) is 0 Å². The molecule has 0 radical (unpaired) electrons. The first-order valence-electron chi connectivity index (χ1n) is 9.75.